The van der Waals surface area contributed by atoms with Gasteiger partial charge in [-0.15, -0.1) is 10.2 Å². The molecular weight excluding hydrogens is 305 g/mol. The van der Waals surface area contributed by atoms with Crippen molar-refractivity contribution >= 4 is 40.4 Å². The van der Waals surface area contributed by atoms with Gasteiger partial charge in [-0.25, -0.2) is 0 Å². The molecule has 100 valence electrons. The molecule has 1 aromatic carbocycles. The normalized spacial score (nSPS) is 10.5. The molecule has 0 radical (unpaired) electrons. The summed E-state index contributed by atoms with van der Waals surface area (Å²) < 4.78 is 0.261. The molecule has 2 aromatic rings. The highest BCUT2D eigenvalue weighted by atomic mass is 35.5. The number of hydrogen-bond acceptors (Lipinski definition) is 4. The maximum Gasteiger partial charge on any atom is 0.285 e. The van der Waals surface area contributed by atoms with Crippen LogP contribution in [0.4, 0.5) is 0 Å². The summed E-state index contributed by atoms with van der Waals surface area (Å²) in [4.78, 5) is 13.9. The minimum absolute atomic E-state index is 0.188. The smallest absolute Gasteiger partial charge is 0.285 e. The quantitative estimate of drug-likeness (QED) is 0.867. The van der Waals surface area contributed by atoms with E-state index >= 15 is 0 Å². The molecular formula is C12H11Cl2N3OS. The van der Waals surface area contributed by atoms with Crippen LogP contribution in [0, 0.1) is 0 Å². The molecule has 0 N–H and O–H groups in total. The number of hydrogen-bond donors (Lipinski definition) is 0. The van der Waals surface area contributed by atoms with Gasteiger partial charge in [-0.05, 0) is 30.2 Å². The van der Waals surface area contributed by atoms with Crippen molar-refractivity contribution in [1.29, 1.82) is 0 Å². The van der Waals surface area contributed by atoms with Gasteiger partial charge in [0.05, 0.1) is 0 Å². The first kappa shape index (κ1) is 14.2. The maximum absolute atomic E-state index is 12.2. The summed E-state index contributed by atoms with van der Waals surface area (Å²) in [5, 5.41) is 8.33. The van der Waals surface area contributed by atoms with Crippen LogP contribution in [-0.2, 0) is 6.54 Å². The van der Waals surface area contributed by atoms with Gasteiger partial charge in [0.2, 0.25) is 9.47 Å². The lowest BCUT2D eigenvalue weighted by Crippen LogP contribution is -2.30. The van der Waals surface area contributed by atoms with Gasteiger partial charge in [0.25, 0.3) is 5.91 Å². The number of amides is 1. The first-order chi connectivity index (χ1) is 9.11. The van der Waals surface area contributed by atoms with Crippen LogP contribution in [0.5, 0.6) is 0 Å². The molecule has 0 aliphatic heterocycles. The second kappa shape index (κ2) is 6.32. The molecule has 0 atom stereocenters. The van der Waals surface area contributed by atoms with E-state index in [0.717, 1.165) is 16.9 Å². The second-order valence-corrected chi connectivity index (χ2v) is 5.74. The van der Waals surface area contributed by atoms with Crippen LogP contribution >= 0.6 is 34.5 Å². The lowest BCUT2D eigenvalue weighted by atomic mass is 10.2. The van der Waals surface area contributed by atoms with Crippen molar-refractivity contribution in [3.05, 3.63) is 44.3 Å². The van der Waals surface area contributed by atoms with Crippen LogP contribution in [-0.4, -0.2) is 27.5 Å². The Bertz CT molecular complexity index is 588. The summed E-state index contributed by atoms with van der Waals surface area (Å²) in [6.45, 7) is 2.89. The first-order valence-corrected chi connectivity index (χ1v) is 7.20. The number of halogens is 2. The van der Waals surface area contributed by atoms with Gasteiger partial charge >= 0.3 is 0 Å². The Labute approximate surface area is 125 Å². The van der Waals surface area contributed by atoms with Crippen LogP contribution < -0.4 is 0 Å². The molecule has 1 amide bonds. The largest absolute Gasteiger partial charge is 0.332 e. The Hall–Kier alpha value is -1.17. The fourth-order valence-electron chi connectivity index (χ4n) is 1.59. The molecule has 0 aliphatic rings. The number of benzene rings is 1. The van der Waals surface area contributed by atoms with Gasteiger partial charge in [-0.3, -0.25) is 4.79 Å². The van der Waals surface area contributed by atoms with Gasteiger partial charge in [0.1, 0.15) is 0 Å². The Kier molecular flexibility index (Phi) is 4.74. The van der Waals surface area contributed by atoms with Crippen molar-refractivity contribution in [1.82, 2.24) is 15.1 Å². The predicted molar refractivity (Wildman–Crippen MR) is 76.8 cm³/mol. The lowest BCUT2D eigenvalue weighted by Gasteiger charge is -2.20. The number of carbonyl (C=O) groups excluding carboxylic acids is 1. The van der Waals surface area contributed by atoms with E-state index in [1.54, 1.807) is 11.0 Å². The van der Waals surface area contributed by atoms with Crippen molar-refractivity contribution < 1.29 is 4.79 Å². The maximum atomic E-state index is 12.2. The highest BCUT2D eigenvalue weighted by molar-refractivity contribution is 7.17. The molecule has 0 spiro atoms. The number of carbonyl (C=O) groups is 1. The van der Waals surface area contributed by atoms with Crippen LogP contribution in [0.3, 0.4) is 0 Å². The summed E-state index contributed by atoms with van der Waals surface area (Å²) in [5.74, 6) is -0.188. The Balaban J connectivity index is 2.17. The van der Waals surface area contributed by atoms with Crippen LogP contribution in [0.1, 0.15) is 22.3 Å². The SMILES string of the molecule is CCN(Cc1ccccc1Cl)C(=O)c1nnc(Cl)s1. The van der Waals surface area contributed by atoms with Gasteiger partial charge in [0, 0.05) is 18.1 Å². The molecule has 0 bridgehead atoms. The highest BCUT2D eigenvalue weighted by Gasteiger charge is 2.19. The van der Waals surface area contributed by atoms with E-state index in [1.807, 2.05) is 25.1 Å². The fraction of sp³-hybridized carbons (Fsp3) is 0.250. The summed E-state index contributed by atoms with van der Waals surface area (Å²) in [7, 11) is 0. The Morgan fingerprint density at radius 3 is 2.63 bits per heavy atom. The zero-order valence-corrected chi connectivity index (χ0v) is 12.5. The molecule has 19 heavy (non-hydrogen) atoms. The lowest BCUT2D eigenvalue weighted by molar-refractivity contribution is 0.0751. The summed E-state index contributed by atoms with van der Waals surface area (Å²) in [5.41, 5.74) is 0.898. The third kappa shape index (κ3) is 3.43. The van der Waals surface area contributed by atoms with E-state index in [-0.39, 0.29) is 10.4 Å². The Morgan fingerprint density at radius 2 is 2.05 bits per heavy atom. The third-order valence-electron chi connectivity index (χ3n) is 2.57. The van der Waals surface area contributed by atoms with Crippen molar-refractivity contribution in [2.45, 2.75) is 13.5 Å². The van der Waals surface area contributed by atoms with Crippen LogP contribution in [0.25, 0.3) is 0 Å². The van der Waals surface area contributed by atoms with E-state index in [9.17, 15) is 4.79 Å². The summed E-state index contributed by atoms with van der Waals surface area (Å²) in [6.07, 6.45) is 0. The van der Waals surface area contributed by atoms with Gasteiger partial charge in [-0.2, -0.15) is 0 Å². The minimum atomic E-state index is -0.188. The molecule has 4 nitrogen and oxygen atoms in total. The van der Waals surface area contributed by atoms with Crippen LogP contribution in [0.15, 0.2) is 24.3 Å². The van der Waals surface area contributed by atoms with E-state index < -0.39 is 0 Å². The molecule has 7 heteroatoms. The highest BCUT2D eigenvalue weighted by Crippen LogP contribution is 2.20. The molecule has 0 saturated heterocycles. The monoisotopic (exact) mass is 315 g/mol. The molecule has 1 aromatic heterocycles. The number of rotatable bonds is 4. The van der Waals surface area contributed by atoms with Gasteiger partial charge in [0.15, 0.2) is 0 Å². The fourth-order valence-corrected chi connectivity index (χ4v) is 2.58. The molecule has 0 fully saturated rings. The average molecular weight is 316 g/mol. The standard InChI is InChI=1S/C12H11Cl2N3OS/c1-2-17(7-8-5-3-4-6-9(8)13)11(18)10-15-16-12(14)19-10/h3-6H,2,7H2,1H3. The predicted octanol–water partition coefficient (Wildman–Crippen LogP) is 3.51. The zero-order valence-electron chi connectivity index (χ0n) is 10.1. The van der Waals surface area contributed by atoms with Gasteiger partial charge < -0.3 is 4.90 Å². The summed E-state index contributed by atoms with van der Waals surface area (Å²) >= 11 is 12.9. The van der Waals surface area contributed by atoms with E-state index in [0.29, 0.717) is 23.1 Å². The summed E-state index contributed by atoms with van der Waals surface area (Å²) in [6, 6.07) is 7.44. The van der Waals surface area contributed by atoms with E-state index in [1.165, 1.54) is 0 Å². The average Bonchev–Trinajstić information content (AvgIpc) is 2.84. The molecule has 0 saturated carbocycles. The third-order valence-corrected chi connectivity index (χ3v) is 3.95. The topological polar surface area (TPSA) is 46.1 Å². The number of aromatic nitrogens is 2. The molecule has 2 rings (SSSR count). The zero-order chi connectivity index (χ0) is 13.8. The first-order valence-electron chi connectivity index (χ1n) is 5.63. The van der Waals surface area contributed by atoms with Crippen molar-refractivity contribution in [3.8, 4) is 0 Å². The second-order valence-electron chi connectivity index (χ2n) is 3.77. The minimum Gasteiger partial charge on any atom is -0.332 e. The van der Waals surface area contributed by atoms with Crippen LogP contribution in [0.2, 0.25) is 9.49 Å². The number of nitrogens with zero attached hydrogens (tertiary/aromatic N) is 3. The van der Waals surface area contributed by atoms with Crippen molar-refractivity contribution in [3.63, 3.8) is 0 Å². The Morgan fingerprint density at radius 1 is 1.32 bits per heavy atom. The van der Waals surface area contributed by atoms with E-state index in [2.05, 4.69) is 10.2 Å². The van der Waals surface area contributed by atoms with Gasteiger partial charge in [-0.1, -0.05) is 41.1 Å². The van der Waals surface area contributed by atoms with Crippen molar-refractivity contribution in [2.75, 3.05) is 6.54 Å². The van der Waals surface area contributed by atoms with Crippen molar-refractivity contribution in [2.24, 2.45) is 0 Å². The molecule has 1 heterocycles. The molecule has 0 unspecified atom stereocenters. The van der Waals surface area contributed by atoms with E-state index in [4.69, 9.17) is 23.2 Å². The molecule has 0 aliphatic carbocycles.